The average Bonchev–Trinajstić information content (AvgIpc) is 3.38. The van der Waals surface area contributed by atoms with Crippen molar-refractivity contribution in [2.45, 2.75) is 57.9 Å². The zero-order valence-electron chi connectivity index (χ0n) is 21.9. The van der Waals surface area contributed by atoms with E-state index in [0.717, 1.165) is 46.9 Å². The number of hydrogen-bond acceptors (Lipinski definition) is 6. The van der Waals surface area contributed by atoms with E-state index in [1.54, 1.807) is 7.11 Å². The van der Waals surface area contributed by atoms with Gasteiger partial charge in [0, 0.05) is 42.5 Å². The highest BCUT2D eigenvalue weighted by Gasteiger charge is 2.32. The molecule has 1 saturated carbocycles. The zero-order chi connectivity index (χ0) is 25.5. The molecule has 0 spiro atoms. The standard InChI is InChI=1S/C29H34N6O2/c1-19-9-14-25-24(17-19)27-32-31-26(21-7-5-4-6-8-21)35(27)29(30-25)33-15-16-34(20(2)18-33)28(36)22-10-12-23(37-3)13-11-22/h9-14,17,20-21H,4-8,15-16,18H2,1-3H3/t20-/m0/s1. The number of piperazine rings is 1. The molecule has 0 bridgehead atoms. The molecule has 192 valence electrons. The molecule has 0 unspecified atom stereocenters. The Hall–Kier alpha value is -3.68. The van der Waals surface area contributed by atoms with E-state index in [0.29, 0.717) is 31.1 Å². The van der Waals surface area contributed by atoms with Crippen LogP contribution in [0.2, 0.25) is 0 Å². The van der Waals surface area contributed by atoms with Crippen molar-refractivity contribution < 1.29 is 9.53 Å². The van der Waals surface area contributed by atoms with E-state index < -0.39 is 0 Å². The molecule has 1 aliphatic carbocycles. The highest BCUT2D eigenvalue weighted by atomic mass is 16.5. The van der Waals surface area contributed by atoms with Gasteiger partial charge in [-0.15, -0.1) is 10.2 Å². The number of aromatic nitrogens is 4. The number of ether oxygens (including phenoxy) is 1. The third-order valence-corrected chi connectivity index (χ3v) is 7.98. The summed E-state index contributed by atoms with van der Waals surface area (Å²) in [5, 5.41) is 10.5. The van der Waals surface area contributed by atoms with Gasteiger partial charge in [0.25, 0.3) is 5.91 Å². The number of carbonyl (C=O) groups is 1. The van der Waals surface area contributed by atoms with Crippen molar-refractivity contribution in [2.24, 2.45) is 0 Å². The molecule has 2 aromatic carbocycles. The van der Waals surface area contributed by atoms with Crippen molar-refractivity contribution >= 4 is 28.4 Å². The maximum atomic E-state index is 13.3. The third kappa shape index (κ3) is 4.28. The first-order valence-electron chi connectivity index (χ1n) is 13.4. The fraction of sp³-hybridized carbons (Fsp3) is 0.448. The van der Waals surface area contributed by atoms with Crippen molar-refractivity contribution in [1.29, 1.82) is 0 Å². The minimum absolute atomic E-state index is 0.0310. The van der Waals surface area contributed by atoms with Crippen LogP contribution >= 0.6 is 0 Å². The van der Waals surface area contributed by atoms with Gasteiger partial charge in [-0.25, -0.2) is 9.38 Å². The minimum atomic E-state index is 0.0310. The van der Waals surface area contributed by atoms with Gasteiger partial charge in [0.1, 0.15) is 11.6 Å². The lowest BCUT2D eigenvalue weighted by Crippen LogP contribution is -2.54. The van der Waals surface area contributed by atoms with E-state index in [1.165, 1.54) is 24.8 Å². The van der Waals surface area contributed by atoms with Crippen LogP contribution in [0.3, 0.4) is 0 Å². The van der Waals surface area contributed by atoms with Gasteiger partial charge in [-0.2, -0.15) is 0 Å². The van der Waals surface area contributed by atoms with Gasteiger partial charge in [-0.3, -0.25) is 4.79 Å². The summed E-state index contributed by atoms with van der Waals surface area (Å²) >= 11 is 0. The molecule has 1 amide bonds. The van der Waals surface area contributed by atoms with E-state index in [9.17, 15) is 4.79 Å². The Morgan fingerprint density at radius 3 is 2.51 bits per heavy atom. The van der Waals surface area contributed by atoms with Gasteiger partial charge < -0.3 is 14.5 Å². The van der Waals surface area contributed by atoms with Crippen LogP contribution in [0.1, 0.15) is 66.7 Å². The third-order valence-electron chi connectivity index (χ3n) is 7.98. The van der Waals surface area contributed by atoms with Crippen molar-refractivity contribution in [1.82, 2.24) is 24.5 Å². The van der Waals surface area contributed by atoms with Crippen LogP contribution in [0.15, 0.2) is 42.5 Å². The van der Waals surface area contributed by atoms with Crippen LogP contribution in [0.4, 0.5) is 5.95 Å². The molecule has 0 radical (unpaired) electrons. The smallest absolute Gasteiger partial charge is 0.254 e. The van der Waals surface area contributed by atoms with Gasteiger partial charge in [-0.1, -0.05) is 30.9 Å². The van der Waals surface area contributed by atoms with Gasteiger partial charge >= 0.3 is 0 Å². The highest BCUT2D eigenvalue weighted by molar-refractivity contribution is 5.95. The van der Waals surface area contributed by atoms with Crippen LogP contribution in [-0.4, -0.2) is 63.2 Å². The van der Waals surface area contributed by atoms with Crippen molar-refractivity contribution in [3.8, 4) is 5.75 Å². The summed E-state index contributed by atoms with van der Waals surface area (Å²) in [5.41, 5.74) is 3.68. The zero-order valence-corrected chi connectivity index (χ0v) is 21.9. The van der Waals surface area contributed by atoms with Gasteiger partial charge in [0.2, 0.25) is 5.95 Å². The number of aryl methyl sites for hydroxylation is 1. The monoisotopic (exact) mass is 498 g/mol. The summed E-state index contributed by atoms with van der Waals surface area (Å²) in [5.74, 6) is 3.13. The largest absolute Gasteiger partial charge is 0.497 e. The van der Waals surface area contributed by atoms with E-state index >= 15 is 0 Å². The molecule has 1 saturated heterocycles. The fourth-order valence-corrected chi connectivity index (χ4v) is 5.93. The summed E-state index contributed by atoms with van der Waals surface area (Å²) in [7, 11) is 1.63. The number of methoxy groups -OCH3 is 1. The van der Waals surface area contributed by atoms with E-state index in [1.807, 2.05) is 29.2 Å². The SMILES string of the molecule is COc1ccc(C(=O)N2CCN(c3nc4ccc(C)cc4c4nnc(C5CCCCC5)n34)C[C@@H]2C)cc1. The number of rotatable bonds is 4. The Bertz CT molecular complexity index is 1440. The number of benzene rings is 2. The Morgan fingerprint density at radius 2 is 1.78 bits per heavy atom. The number of fused-ring (bicyclic) bond motifs is 3. The predicted octanol–water partition coefficient (Wildman–Crippen LogP) is 4.99. The number of amides is 1. The molecule has 1 atom stereocenters. The highest BCUT2D eigenvalue weighted by Crippen LogP contribution is 2.35. The van der Waals surface area contributed by atoms with Crippen molar-refractivity contribution in [3.63, 3.8) is 0 Å². The molecule has 37 heavy (non-hydrogen) atoms. The van der Waals surface area contributed by atoms with Crippen LogP contribution in [-0.2, 0) is 0 Å². The molecule has 2 fully saturated rings. The number of anilines is 1. The number of nitrogens with zero attached hydrogens (tertiary/aromatic N) is 6. The van der Waals surface area contributed by atoms with E-state index in [-0.39, 0.29) is 11.9 Å². The second kappa shape index (κ2) is 9.65. The summed E-state index contributed by atoms with van der Waals surface area (Å²) < 4.78 is 7.46. The molecular formula is C29H34N6O2. The van der Waals surface area contributed by atoms with Crippen LogP contribution in [0, 0.1) is 6.92 Å². The summed E-state index contributed by atoms with van der Waals surface area (Å²) in [6.07, 6.45) is 6.05. The van der Waals surface area contributed by atoms with E-state index in [4.69, 9.17) is 19.9 Å². The first-order valence-corrected chi connectivity index (χ1v) is 13.4. The molecule has 4 aromatic rings. The van der Waals surface area contributed by atoms with E-state index in [2.05, 4.69) is 41.3 Å². The maximum absolute atomic E-state index is 13.3. The van der Waals surface area contributed by atoms with Gasteiger partial charge in [-0.05, 0) is 63.1 Å². The Morgan fingerprint density at radius 1 is 1.00 bits per heavy atom. The Kier molecular flexibility index (Phi) is 6.18. The van der Waals surface area contributed by atoms with Gasteiger partial charge in [0.15, 0.2) is 5.65 Å². The lowest BCUT2D eigenvalue weighted by Gasteiger charge is -2.40. The first kappa shape index (κ1) is 23.7. The molecule has 2 aromatic heterocycles. The minimum Gasteiger partial charge on any atom is -0.497 e. The van der Waals surface area contributed by atoms with Crippen molar-refractivity contribution in [2.75, 3.05) is 31.6 Å². The van der Waals surface area contributed by atoms with Crippen molar-refractivity contribution in [3.05, 3.63) is 59.4 Å². The maximum Gasteiger partial charge on any atom is 0.254 e. The molecule has 2 aliphatic rings. The Balaban J connectivity index is 1.35. The summed E-state index contributed by atoms with van der Waals surface area (Å²) in [6, 6.07) is 13.7. The lowest BCUT2D eigenvalue weighted by molar-refractivity contribution is 0.0673. The fourth-order valence-electron chi connectivity index (χ4n) is 5.93. The van der Waals surface area contributed by atoms with Crippen LogP contribution in [0.25, 0.3) is 16.6 Å². The molecule has 3 heterocycles. The number of hydrogen-bond donors (Lipinski definition) is 0. The second-order valence-electron chi connectivity index (χ2n) is 10.5. The summed E-state index contributed by atoms with van der Waals surface area (Å²) in [4.78, 5) is 22.8. The Labute approximate surface area is 217 Å². The molecule has 1 aliphatic heterocycles. The first-order chi connectivity index (χ1) is 18.0. The quantitative estimate of drug-likeness (QED) is 0.394. The molecule has 6 rings (SSSR count). The number of carbonyl (C=O) groups excluding carboxylic acids is 1. The van der Waals surface area contributed by atoms with Crippen LogP contribution in [0.5, 0.6) is 5.75 Å². The topological polar surface area (TPSA) is 75.9 Å². The summed E-state index contributed by atoms with van der Waals surface area (Å²) in [6.45, 7) is 6.24. The van der Waals surface area contributed by atoms with Gasteiger partial charge in [0.05, 0.1) is 12.6 Å². The molecule has 8 nitrogen and oxygen atoms in total. The second-order valence-corrected chi connectivity index (χ2v) is 10.5. The average molecular weight is 499 g/mol. The lowest BCUT2D eigenvalue weighted by atomic mass is 9.89. The normalized spacial score (nSPS) is 19.1. The molecular weight excluding hydrogens is 464 g/mol. The van der Waals surface area contributed by atoms with Crippen LogP contribution < -0.4 is 9.64 Å². The predicted molar refractivity (Wildman–Crippen MR) is 145 cm³/mol. The molecule has 8 heteroatoms. The molecule has 0 N–H and O–H groups in total.